The van der Waals surface area contributed by atoms with E-state index in [4.69, 9.17) is 4.74 Å². The Morgan fingerprint density at radius 2 is 1.51 bits per heavy atom. The fourth-order valence-electron chi connectivity index (χ4n) is 5.77. The minimum absolute atomic E-state index is 0.00364. The van der Waals surface area contributed by atoms with Gasteiger partial charge in [0.15, 0.2) is 6.61 Å². The molecule has 4 aromatic rings. The number of ether oxygens (including phenoxy) is 1. The summed E-state index contributed by atoms with van der Waals surface area (Å²) in [5.41, 5.74) is 5.31. The van der Waals surface area contributed by atoms with Crippen LogP contribution in [-0.2, 0) is 10.2 Å². The second kappa shape index (κ2) is 8.57. The van der Waals surface area contributed by atoms with Crippen molar-refractivity contribution in [2.45, 2.75) is 52.0 Å². The van der Waals surface area contributed by atoms with Gasteiger partial charge in [0.1, 0.15) is 5.75 Å². The summed E-state index contributed by atoms with van der Waals surface area (Å²) in [5.74, 6) is 0.680. The van der Waals surface area contributed by atoms with E-state index in [1.165, 1.54) is 22.3 Å². The maximum absolute atomic E-state index is 13.7. The normalized spacial score (nSPS) is 18.8. The third-order valence-electron chi connectivity index (χ3n) is 7.40. The van der Waals surface area contributed by atoms with E-state index in [0.717, 1.165) is 22.9 Å². The van der Waals surface area contributed by atoms with Crippen molar-refractivity contribution in [1.82, 2.24) is 0 Å². The maximum atomic E-state index is 13.7. The van der Waals surface area contributed by atoms with E-state index >= 15 is 0 Å². The summed E-state index contributed by atoms with van der Waals surface area (Å²) < 4.78 is 6.02. The third-order valence-corrected chi connectivity index (χ3v) is 7.40. The molecule has 4 aromatic carbocycles. The Labute approximate surface area is 208 Å². The average molecular weight is 464 g/mol. The van der Waals surface area contributed by atoms with Crippen LogP contribution in [0.15, 0.2) is 84.9 Å². The van der Waals surface area contributed by atoms with E-state index in [0.29, 0.717) is 5.75 Å². The summed E-state index contributed by atoms with van der Waals surface area (Å²) in [7, 11) is 0. The monoisotopic (exact) mass is 463 g/mol. The predicted molar refractivity (Wildman–Crippen MR) is 144 cm³/mol. The first kappa shape index (κ1) is 23.2. The van der Waals surface area contributed by atoms with Gasteiger partial charge in [-0.25, -0.2) is 0 Å². The van der Waals surface area contributed by atoms with Crippen LogP contribution in [-0.4, -0.2) is 18.1 Å². The summed E-state index contributed by atoms with van der Waals surface area (Å²) in [6.45, 7) is 10.9. The molecular formula is C32H33NO2. The molecule has 1 atom stereocenters. The van der Waals surface area contributed by atoms with Crippen molar-refractivity contribution < 1.29 is 9.53 Å². The van der Waals surface area contributed by atoms with E-state index in [1.54, 1.807) is 0 Å². The average Bonchev–Trinajstić information content (AvgIpc) is 2.83. The lowest BCUT2D eigenvalue weighted by Crippen LogP contribution is -2.57. The molecule has 1 heterocycles. The van der Waals surface area contributed by atoms with Gasteiger partial charge in [-0.05, 0) is 74.2 Å². The maximum Gasteiger partial charge on any atom is 0.265 e. The van der Waals surface area contributed by atoms with Gasteiger partial charge < -0.3 is 9.64 Å². The van der Waals surface area contributed by atoms with Gasteiger partial charge in [0.25, 0.3) is 5.91 Å². The van der Waals surface area contributed by atoms with Crippen molar-refractivity contribution in [2.75, 3.05) is 11.5 Å². The van der Waals surface area contributed by atoms with E-state index in [-0.39, 0.29) is 23.5 Å². The zero-order valence-electron chi connectivity index (χ0n) is 21.3. The second-order valence-corrected chi connectivity index (χ2v) is 10.7. The van der Waals surface area contributed by atoms with E-state index < -0.39 is 0 Å². The van der Waals surface area contributed by atoms with Crippen LogP contribution in [0.3, 0.4) is 0 Å². The number of carbonyl (C=O) groups is 1. The molecule has 1 aliphatic heterocycles. The molecule has 3 heteroatoms. The molecule has 0 saturated heterocycles. The Kier molecular flexibility index (Phi) is 5.67. The van der Waals surface area contributed by atoms with Crippen molar-refractivity contribution in [3.63, 3.8) is 0 Å². The molecule has 1 amide bonds. The molecule has 0 fully saturated rings. The number of carbonyl (C=O) groups excluding carboxylic acids is 1. The summed E-state index contributed by atoms with van der Waals surface area (Å²) in [4.78, 5) is 15.6. The van der Waals surface area contributed by atoms with Gasteiger partial charge in [-0.15, -0.1) is 0 Å². The minimum Gasteiger partial charge on any atom is -0.484 e. The van der Waals surface area contributed by atoms with Crippen LogP contribution in [0.2, 0.25) is 0 Å². The Balaban J connectivity index is 1.49. The highest BCUT2D eigenvalue weighted by atomic mass is 16.5. The van der Waals surface area contributed by atoms with E-state index in [2.05, 4.69) is 89.2 Å². The van der Waals surface area contributed by atoms with Gasteiger partial charge in [-0.3, -0.25) is 4.79 Å². The molecule has 0 radical (unpaired) electrons. The number of rotatable bonds is 4. The molecule has 35 heavy (non-hydrogen) atoms. The molecule has 178 valence electrons. The number of hydrogen-bond acceptors (Lipinski definition) is 2. The third kappa shape index (κ3) is 4.20. The van der Waals surface area contributed by atoms with Crippen molar-refractivity contribution in [2.24, 2.45) is 0 Å². The van der Waals surface area contributed by atoms with Crippen LogP contribution in [0.5, 0.6) is 5.75 Å². The number of aryl methyl sites for hydroxylation is 2. The van der Waals surface area contributed by atoms with Crippen molar-refractivity contribution in [3.05, 3.63) is 107 Å². The van der Waals surface area contributed by atoms with Crippen LogP contribution in [0, 0.1) is 13.8 Å². The summed E-state index contributed by atoms with van der Waals surface area (Å²) >= 11 is 0. The van der Waals surface area contributed by atoms with E-state index in [1.807, 2.05) is 35.2 Å². The first-order valence-electron chi connectivity index (χ1n) is 12.3. The summed E-state index contributed by atoms with van der Waals surface area (Å²) in [5, 5.41) is 2.26. The van der Waals surface area contributed by atoms with Crippen molar-refractivity contribution in [3.8, 4) is 5.75 Å². The lowest BCUT2D eigenvalue weighted by Gasteiger charge is -2.51. The smallest absolute Gasteiger partial charge is 0.265 e. The predicted octanol–water partition coefficient (Wildman–Crippen LogP) is 7.36. The Bertz CT molecular complexity index is 1400. The highest BCUT2D eigenvalue weighted by Gasteiger charge is 2.47. The quantitative estimate of drug-likeness (QED) is 0.316. The van der Waals surface area contributed by atoms with Gasteiger partial charge in [-0.1, -0.05) is 84.8 Å². The molecular weight excluding hydrogens is 430 g/mol. The van der Waals surface area contributed by atoms with Crippen LogP contribution < -0.4 is 9.64 Å². The molecule has 0 aliphatic carbocycles. The van der Waals surface area contributed by atoms with Crippen molar-refractivity contribution in [1.29, 1.82) is 0 Å². The fraction of sp³-hybridized carbons (Fsp3) is 0.281. The molecule has 5 rings (SSSR count). The molecule has 1 aliphatic rings. The Morgan fingerprint density at radius 3 is 2.26 bits per heavy atom. The Morgan fingerprint density at radius 1 is 0.829 bits per heavy atom. The largest absolute Gasteiger partial charge is 0.484 e. The molecule has 0 saturated carbocycles. The van der Waals surface area contributed by atoms with Crippen molar-refractivity contribution >= 4 is 22.4 Å². The first-order valence-corrected chi connectivity index (χ1v) is 12.3. The zero-order valence-corrected chi connectivity index (χ0v) is 21.3. The highest BCUT2D eigenvalue weighted by Crippen LogP contribution is 2.50. The van der Waals surface area contributed by atoms with Crippen LogP contribution in [0.25, 0.3) is 10.8 Å². The number of fused-ring (bicyclic) bond motifs is 2. The number of anilines is 1. The standard InChI is InChI=1S/C32H33NO2/c1-22-10-14-26(15-11-22)32(5)21-31(3,4)33(29-17-12-23(2)18-28(29)32)30(34)20-35-27-16-13-24-8-6-7-9-25(24)19-27/h6-19H,20-21H2,1-5H3/t32-/m0/s1. The molecule has 0 N–H and O–H groups in total. The van der Waals surface area contributed by atoms with E-state index in [9.17, 15) is 4.79 Å². The van der Waals surface area contributed by atoms with Gasteiger partial charge in [-0.2, -0.15) is 0 Å². The SMILES string of the molecule is Cc1ccc([C@]2(C)CC(C)(C)N(C(=O)COc3ccc4ccccc4c3)c3ccc(C)cc32)cc1. The molecule has 0 aromatic heterocycles. The lowest BCUT2D eigenvalue weighted by atomic mass is 9.65. The summed E-state index contributed by atoms with van der Waals surface area (Å²) in [6.07, 6.45) is 0.821. The number of nitrogens with zero attached hydrogens (tertiary/aromatic N) is 1. The fourth-order valence-corrected chi connectivity index (χ4v) is 5.77. The van der Waals surface area contributed by atoms with Gasteiger partial charge in [0.05, 0.1) is 0 Å². The van der Waals surface area contributed by atoms with Gasteiger partial charge >= 0.3 is 0 Å². The number of benzene rings is 4. The van der Waals surface area contributed by atoms with Crippen LogP contribution in [0.1, 0.15) is 49.4 Å². The topological polar surface area (TPSA) is 29.5 Å². The highest BCUT2D eigenvalue weighted by molar-refractivity contribution is 5.98. The first-order chi connectivity index (χ1) is 16.7. The second-order valence-electron chi connectivity index (χ2n) is 10.7. The molecule has 0 unspecified atom stereocenters. The summed E-state index contributed by atoms with van der Waals surface area (Å²) in [6, 6.07) is 29.4. The number of hydrogen-bond donors (Lipinski definition) is 0. The van der Waals surface area contributed by atoms with Gasteiger partial charge in [0.2, 0.25) is 0 Å². The number of amides is 1. The zero-order chi connectivity index (χ0) is 24.8. The van der Waals surface area contributed by atoms with Crippen LogP contribution >= 0.6 is 0 Å². The minimum atomic E-state index is -0.383. The molecule has 0 bridgehead atoms. The molecule has 0 spiro atoms. The van der Waals surface area contributed by atoms with Crippen LogP contribution in [0.4, 0.5) is 5.69 Å². The van der Waals surface area contributed by atoms with Gasteiger partial charge in [0, 0.05) is 16.6 Å². The lowest BCUT2D eigenvalue weighted by molar-refractivity contribution is -0.121. The molecule has 3 nitrogen and oxygen atoms in total. The Hall–Kier alpha value is -3.59.